The highest BCUT2D eigenvalue weighted by atomic mass is 16.7. The normalized spacial score (nSPS) is 20.3. The van der Waals surface area contributed by atoms with E-state index in [-0.39, 0.29) is 32.1 Å². The van der Waals surface area contributed by atoms with Crippen LogP contribution in [-0.4, -0.2) is 95.4 Å². The number of aromatic nitrogens is 3. The topological polar surface area (TPSA) is 181 Å². The highest BCUT2D eigenvalue weighted by molar-refractivity contribution is 5.86. The van der Waals surface area contributed by atoms with Gasteiger partial charge in [-0.3, -0.25) is 19.2 Å². The molecule has 0 N–H and O–H groups in total. The average molecular weight is 698 g/mol. The summed E-state index contributed by atoms with van der Waals surface area (Å²) >= 11 is 0. The quantitative estimate of drug-likeness (QED) is 0.177. The Labute approximate surface area is 289 Å². The van der Waals surface area contributed by atoms with Crippen molar-refractivity contribution in [1.82, 2.24) is 15.0 Å². The number of ether oxygens (including phenoxy) is 7. The monoisotopic (exact) mass is 697 g/mol. The van der Waals surface area contributed by atoms with Gasteiger partial charge < -0.3 is 33.2 Å². The summed E-state index contributed by atoms with van der Waals surface area (Å²) in [6.45, 7) is 10.7. The largest absolute Gasteiger partial charge is 0.463 e. The molecule has 0 unspecified atom stereocenters. The molecule has 1 fully saturated rings. The Morgan fingerprint density at radius 1 is 0.820 bits per heavy atom. The van der Waals surface area contributed by atoms with E-state index in [0.29, 0.717) is 12.3 Å². The molecule has 4 rings (SSSR count). The van der Waals surface area contributed by atoms with Gasteiger partial charge in [-0.15, -0.1) is 5.10 Å². The maximum absolute atomic E-state index is 12.8. The molecule has 270 valence electrons. The van der Waals surface area contributed by atoms with Crippen LogP contribution < -0.4 is 0 Å². The first-order valence-corrected chi connectivity index (χ1v) is 16.2. The molecule has 15 heteroatoms. The van der Waals surface area contributed by atoms with Gasteiger partial charge in [0.1, 0.15) is 12.7 Å². The number of aryl methyl sites for hydroxylation is 1. The zero-order valence-electron chi connectivity index (χ0n) is 29.2. The lowest BCUT2D eigenvalue weighted by Crippen LogP contribution is -2.63. The van der Waals surface area contributed by atoms with Crippen LogP contribution in [-0.2, 0) is 65.3 Å². The third-order valence-electron chi connectivity index (χ3n) is 7.92. The van der Waals surface area contributed by atoms with Gasteiger partial charge in [0.05, 0.1) is 26.0 Å². The van der Waals surface area contributed by atoms with Crippen LogP contribution in [0.15, 0.2) is 36.5 Å². The second-order valence-electron chi connectivity index (χ2n) is 12.2. The third-order valence-corrected chi connectivity index (χ3v) is 7.92. The lowest BCUT2D eigenvalue weighted by atomic mass is 9.98. The van der Waals surface area contributed by atoms with E-state index in [2.05, 4.69) is 61.4 Å². The molecule has 0 saturated carbocycles. The SMILES string of the molecule is CC(=O)OC[C@H]1O[C@H](OCCn2cc(C(=O)OCCc3ccc(C(C)C)cc4c(C)ccc3-4)nn2)[C@@H](OC(C)=O)[C@@H](OC(C)=O)[C@@H]1OC(C)=O. The predicted octanol–water partition coefficient (Wildman–Crippen LogP) is 3.31. The summed E-state index contributed by atoms with van der Waals surface area (Å²) in [5, 5.41) is 7.89. The summed E-state index contributed by atoms with van der Waals surface area (Å²) in [6, 6.07) is 10.6. The molecule has 0 spiro atoms. The van der Waals surface area contributed by atoms with Crippen molar-refractivity contribution in [2.75, 3.05) is 19.8 Å². The first-order valence-electron chi connectivity index (χ1n) is 16.2. The van der Waals surface area contributed by atoms with E-state index in [0.717, 1.165) is 31.9 Å². The summed E-state index contributed by atoms with van der Waals surface area (Å²) < 4.78 is 39.9. The van der Waals surface area contributed by atoms with Gasteiger partial charge in [0.25, 0.3) is 0 Å². The molecule has 50 heavy (non-hydrogen) atoms. The van der Waals surface area contributed by atoms with Crippen molar-refractivity contribution in [1.29, 1.82) is 0 Å². The lowest BCUT2D eigenvalue weighted by molar-refractivity contribution is -0.308. The summed E-state index contributed by atoms with van der Waals surface area (Å²) in [7, 11) is 0. The van der Waals surface area contributed by atoms with Gasteiger partial charge >= 0.3 is 29.8 Å². The maximum Gasteiger partial charge on any atom is 0.360 e. The molecule has 0 aromatic carbocycles. The van der Waals surface area contributed by atoms with Crippen molar-refractivity contribution in [3.8, 4) is 11.1 Å². The minimum absolute atomic E-state index is 0.00712. The van der Waals surface area contributed by atoms with Crippen LogP contribution >= 0.6 is 0 Å². The molecule has 0 bridgehead atoms. The first kappa shape index (κ1) is 37.9. The Hall–Kier alpha value is -4.89. The van der Waals surface area contributed by atoms with E-state index in [1.165, 1.54) is 34.5 Å². The first-order chi connectivity index (χ1) is 23.7. The number of esters is 5. The maximum atomic E-state index is 12.8. The number of hydrogen-bond donors (Lipinski definition) is 0. The Bertz CT molecular complexity index is 1650. The van der Waals surface area contributed by atoms with E-state index in [4.69, 9.17) is 33.2 Å². The molecular formula is C35H43N3O12. The van der Waals surface area contributed by atoms with Crippen molar-refractivity contribution >= 4 is 29.8 Å². The van der Waals surface area contributed by atoms with Gasteiger partial charge in [0.2, 0.25) is 0 Å². The summed E-state index contributed by atoms with van der Waals surface area (Å²) in [5.74, 6) is -3.16. The third kappa shape index (κ3) is 10.1. The molecular weight excluding hydrogens is 654 g/mol. The number of carbonyl (C=O) groups excluding carboxylic acids is 5. The van der Waals surface area contributed by atoms with Crippen LogP contribution in [0.3, 0.4) is 0 Å². The van der Waals surface area contributed by atoms with E-state index < -0.39 is 60.6 Å². The van der Waals surface area contributed by atoms with E-state index in [9.17, 15) is 24.0 Å². The number of nitrogens with zero attached hydrogens (tertiary/aromatic N) is 3. The number of rotatable bonds is 14. The minimum atomic E-state index is -1.36. The van der Waals surface area contributed by atoms with Crippen LogP contribution in [0.5, 0.6) is 0 Å². The minimum Gasteiger partial charge on any atom is -0.463 e. The van der Waals surface area contributed by atoms with E-state index in [1.54, 1.807) is 0 Å². The highest BCUT2D eigenvalue weighted by Gasteiger charge is 2.52. The van der Waals surface area contributed by atoms with E-state index >= 15 is 0 Å². The zero-order chi connectivity index (χ0) is 36.5. The van der Waals surface area contributed by atoms with Gasteiger partial charge in [-0.2, -0.15) is 0 Å². The van der Waals surface area contributed by atoms with Crippen LogP contribution in [0.4, 0.5) is 0 Å². The van der Waals surface area contributed by atoms with Crippen molar-refractivity contribution in [3.63, 3.8) is 0 Å². The van der Waals surface area contributed by atoms with Crippen LogP contribution in [0.2, 0.25) is 0 Å². The van der Waals surface area contributed by atoms with Gasteiger partial charge in [-0.05, 0) is 40.7 Å². The van der Waals surface area contributed by atoms with Gasteiger partial charge in [-0.1, -0.05) is 49.4 Å². The van der Waals surface area contributed by atoms with Crippen molar-refractivity contribution in [2.24, 2.45) is 0 Å². The zero-order valence-corrected chi connectivity index (χ0v) is 29.2. The van der Waals surface area contributed by atoms with Crippen molar-refractivity contribution < 1.29 is 57.1 Å². The average Bonchev–Trinajstić information content (AvgIpc) is 3.60. The molecule has 0 amide bonds. The summed E-state index contributed by atoms with van der Waals surface area (Å²) in [5.41, 5.74) is 5.76. The Morgan fingerprint density at radius 3 is 2.16 bits per heavy atom. The fourth-order valence-electron chi connectivity index (χ4n) is 5.56. The molecule has 5 atom stereocenters. The van der Waals surface area contributed by atoms with Gasteiger partial charge in [0, 0.05) is 34.1 Å². The molecule has 0 radical (unpaired) electrons. The molecule has 2 heterocycles. The molecule has 2 aliphatic carbocycles. The van der Waals surface area contributed by atoms with Crippen molar-refractivity contribution in [3.05, 3.63) is 58.9 Å². The smallest absolute Gasteiger partial charge is 0.360 e. The number of hydrogen-bond acceptors (Lipinski definition) is 14. The Morgan fingerprint density at radius 2 is 1.50 bits per heavy atom. The Balaban J connectivity index is 1.39. The van der Waals surface area contributed by atoms with Crippen LogP contribution in [0.1, 0.15) is 74.6 Å². The molecule has 1 saturated heterocycles. The number of carbonyl (C=O) groups is 5. The number of fused-ring (bicyclic) bond motifs is 1. The predicted molar refractivity (Wildman–Crippen MR) is 174 cm³/mol. The fourth-order valence-corrected chi connectivity index (χ4v) is 5.56. The molecule has 1 aromatic heterocycles. The standard InChI is InChI=1S/C35H43N3O12/c1-19(2)26-10-9-25(27-11-8-20(3)28(27)16-26)12-14-44-34(43)29-17-38(37-36-29)13-15-45-35-33(49-24(7)42)32(48-23(6)41)31(47-22(5)40)30(50-35)18-46-21(4)39/h8-11,16-17,19,30-33,35H,12-15,18H2,1-7H3/t30-,31-,32+,33+,35+/m1/s1. The molecule has 3 aliphatic rings. The van der Waals surface area contributed by atoms with Gasteiger partial charge in [-0.25, -0.2) is 9.48 Å². The summed E-state index contributed by atoms with van der Waals surface area (Å²) in [6.07, 6.45) is -4.61. The van der Waals surface area contributed by atoms with Gasteiger partial charge in [0.15, 0.2) is 30.3 Å². The van der Waals surface area contributed by atoms with Crippen LogP contribution in [0, 0.1) is 6.92 Å². The molecule has 1 aromatic rings. The highest BCUT2D eigenvalue weighted by Crippen LogP contribution is 2.33. The fraction of sp³-hybridized carbons (Fsp3) is 0.514. The summed E-state index contributed by atoms with van der Waals surface area (Å²) in [4.78, 5) is 60.3. The van der Waals surface area contributed by atoms with E-state index in [1.807, 2.05) is 0 Å². The Kier molecular flexibility index (Phi) is 13.0. The molecule has 1 aliphatic heterocycles. The second-order valence-corrected chi connectivity index (χ2v) is 12.2. The lowest BCUT2D eigenvalue weighted by Gasteiger charge is -2.44. The van der Waals surface area contributed by atoms with Crippen molar-refractivity contribution in [2.45, 2.75) is 98.1 Å². The van der Waals surface area contributed by atoms with Crippen LogP contribution in [0.25, 0.3) is 11.1 Å². The molecule has 15 nitrogen and oxygen atoms in total. The second kappa shape index (κ2) is 17.2.